The molecule has 1 fully saturated rings. The molecule has 0 spiro atoms. The first kappa shape index (κ1) is 14.4. The Hall–Kier alpha value is 1.41. The van der Waals surface area contributed by atoms with Gasteiger partial charge >= 0.3 is 58.4 Å². The second-order valence-corrected chi connectivity index (χ2v) is 3.24. The van der Waals surface area contributed by atoms with Crippen molar-refractivity contribution in [3.05, 3.63) is 0 Å². The van der Waals surface area contributed by atoms with E-state index in [9.17, 15) is 12.9 Å². The van der Waals surface area contributed by atoms with Gasteiger partial charge in [0, 0.05) is 0 Å². The molecule has 0 aromatic rings. The summed E-state index contributed by atoms with van der Waals surface area (Å²) >= 11 is 0. The first-order valence-corrected chi connectivity index (χ1v) is 4.09. The van der Waals surface area contributed by atoms with Gasteiger partial charge in [-0.1, -0.05) is 0 Å². The molecule has 1 rings (SSSR count). The van der Waals surface area contributed by atoms with Gasteiger partial charge in [-0.15, -0.1) is 0 Å². The van der Waals surface area contributed by atoms with Crippen LogP contribution in [0.3, 0.4) is 0 Å². The van der Waals surface area contributed by atoms with Gasteiger partial charge in [-0.25, -0.2) is 0 Å². The summed E-state index contributed by atoms with van der Waals surface area (Å²) < 4.78 is 35.7. The predicted octanol–water partition coefficient (Wildman–Crippen LogP) is -2.17. The van der Waals surface area contributed by atoms with Gasteiger partial charge in [-0.3, -0.25) is 0 Å². The molecule has 0 aromatic heterocycles. The molecule has 0 aliphatic carbocycles. The zero-order chi connectivity index (χ0) is 9.19. The molecule has 1 N–H and O–H groups in total. The first-order valence-electron chi connectivity index (χ1n) is 4.09. The van der Waals surface area contributed by atoms with Crippen molar-refractivity contribution in [2.75, 3.05) is 19.5 Å². The van der Waals surface area contributed by atoms with Crippen LogP contribution in [0.2, 0.25) is 0 Å². The van der Waals surface area contributed by atoms with Crippen LogP contribution in [-0.4, -0.2) is 42.6 Å². The Morgan fingerprint density at radius 2 is 1.69 bits per heavy atom. The number of hydrogen-bond acceptors (Lipinski definition) is 2. The summed E-state index contributed by atoms with van der Waals surface area (Å²) in [4.78, 5) is 1.35. The van der Waals surface area contributed by atoms with E-state index in [2.05, 4.69) is 0 Å². The van der Waals surface area contributed by atoms with Crippen LogP contribution in [0.5, 0.6) is 0 Å². The number of aliphatic hydroxyl groups is 1. The van der Waals surface area contributed by atoms with E-state index in [0.29, 0.717) is 25.9 Å². The number of likely N-dealkylation sites (tertiary alicyclic amines) is 1. The first-order chi connectivity index (χ1) is 5.47. The monoisotopic (exact) mass is 221 g/mol. The molecule has 1 saturated heterocycles. The Morgan fingerprint density at radius 3 is 2.08 bits per heavy atom. The van der Waals surface area contributed by atoms with Gasteiger partial charge in [-0.2, -0.15) is 0 Å². The van der Waals surface area contributed by atoms with E-state index >= 15 is 0 Å². The third-order valence-electron chi connectivity index (χ3n) is 2.02. The van der Waals surface area contributed by atoms with Gasteiger partial charge in [-0.05, 0) is 32.4 Å². The second kappa shape index (κ2) is 6.09. The Morgan fingerprint density at radius 1 is 1.23 bits per heavy atom. The van der Waals surface area contributed by atoms with E-state index in [0.717, 1.165) is 0 Å². The fourth-order valence-corrected chi connectivity index (χ4v) is 1.39. The van der Waals surface area contributed by atoms with Crippen LogP contribution < -0.4 is 51.4 Å². The average Bonchev–Trinajstić information content (AvgIpc) is 1.91. The van der Waals surface area contributed by atoms with Crippen molar-refractivity contribution >= 4 is 6.98 Å². The summed E-state index contributed by atoms with van der Waals surface area (Å²) in [5.41, 5.74) is 0. The van der Waals surface area contributed by atoms with Crippen molar-refractivity contribution < 1.29 is 69.4 Å². The fraction of sp³-hybridized carbons (Fsp3) is 1.00. The maximum absolute atomic E-state index is 11.9. The van der Waals surface area contributed by atoms with Crippen molar-refractivity contribution in [3.8, 4) is 0 Å². The number of aliphatic hydroxyl groups excluding tert-OH is 1. The molecule has 72 valence electrons. The minimum Gasteiger partial charge on any atom is -0.448 e. The fourth-order valence-electron chi connectivity index (χ4n) is 1.39. The van der Waals surface area contributed by atoms with Crippen LogP contribution in [0.4, 0.5) is 12.9 Å². The quantitative estimate of drug-likeness (QED) is 0.536. The van der Waals surface area contributed by atoms with E-state index in [-0.39, 0.29) is 51.4 Å². The van der Waals surface area contributed by atoms with Crippen LogP contribution in [0.15, 0.2) is 0 Å². The Bertz CT molecular complexity index is 149. The number of piperidine rings is 1. The summed E-state index contributed by atoms with van der Waals surface area (Å²) in [5, 5.41) is 9.02. The maximum Gasteiger partial charge on any atom is 1.00 e. The molecule has 0 atom stereocenters. The van der Waals surface area contributed by atoms with Crippen LogP contribution in [-0.2, 0) is 0 Å². The number of nitrogens with zero attached hydrogens (tertiary/aromatic N) is 1. The van der Waals surface area contributed by atoms with Crippen molar-refractivity contribution in [3.63, 3.8) is 0 Å². The maximum atomic E-state index is 11.9. The third-order valence-corrected chi connectivity index (χ3v) is 2.02. The molecule has 0 aromatic carbocycles. The van der Waals surface area contributed by atoms with E-state index in [1.54, 1.807) is 0 Å². The van der Waals surface area contributed by atoms with Crippen LogP contribution in [0.25, 0.3) is 0 Å². The van der Waals surface area contributed by atoms with Gasteiger partial charge in [0.25, 0.3) is 0 Å². The van der Waals surface area contributed by atoms with Crippen molar-refractivity contribution in [1.82, 2.24) is 4.90 Å². The molecule has 7 heteroatoms. The molecule has 0 bridgehead atoms. The average molecular weight is 221 g/mol. The zero-order valence-corrected chi connectivity index (χ0v) is 10.8. The molecular formula is C6H12BF3KNO. The van der Waals surface area contributed by atoms with Crippen LogP contribution in [0.1, 0.15) is 12.8 Å². The molecule has 13 heavy (non-hydrogen) atoms. The van der Waals surface area contributed by atoms with Gasteiger partial charge in [0.15, 0.2) is 0 Å². The van der Waals surface area contributed by atoms with E-state index in [4.69, 9.17) is 5.11 Å². The number of rotatable bonds is 2. The topological polar surface area (TPSA) is 23.5 Å². The SMILES string of the molecule is OC1CCN(C[B-](F)(F)F)CC1.[K+]. The zero-order valence-electron chi connectivity index (χ0n) is 7.72. The molecule has 1 aliphatic rings. The van der Waals surface area contributed by atoms with Gasteiger partial charge < -0.3 is 23.0 Å². The smallest absolute Gasteiger partial charge is 0.448 e. The predicted molar refractivity (Wildman–Crippen MR) is 40.8 cm³/mol. The molecule has 0 saturated carbocycles. The molecule has 0 unspecified atom stereocenters. The molecule has 1 aliphatic heterocycles. The summed E-state index contributed by atoms with van der Waals surface area (Å²) in [6.45, 7) is -3.97. The van der Waals surface area contributed by atoms with Crippen molar-refractivity contribution in [2.24, 2.45) is 0 Å². The number of hydrogen-bond donors (Lipinski definition) is 1. The van der Waals surface area contributed by atoms with E-state index < -0.39 is 19.5 Å². The summed E-state index contributed by atoms with van der Waals surface area (Å²) in [6.07, 6.45) is -0.257. The third kappa shape index (κ3) is 6.48. The molecular weight excluding hydrogens is 209 g/mol. The standard InChI is InChI=1S/C6H12BF3NO.K/c8-7(9,10)5-11-3-1-6(12)2-4-11;/h6,12H,1-5H2;/q-1;+1. The minimum absolute atomic E-state index is 0. The van der Waals surface area contributed by atoms with Crippen molar-refractivity contribution in [2.45, 2.75) is 18.9 Å². The van der Waals surface area contributed by atoms with E-state index in [1.165, 1.54) is 4.90 Å². The summed E-state index contributed by atoms with van der Waals surface area (Å²) in [5.74, 6) is 0. The Kier molecular flexibility index (Phi) is 6.76. The van der Waals surface area contributed by atoms with Gasteiger partial charge in [0.1, 0.15) is 0 Å². The van der Waals surface area contributed by atoms with Crippen LogP contribution >= 0.6 is 0 Å². The second-order valence-electron chi connectivity index (χ2n) is 3.24. The molecule has 1 heterocycles. The normalized spacial score (nSPS) is 21.2. The summed E-state index contributed by atoms with van der Waals surface area (Å²) in [7, 11) is 0. The van der Waals surface area contributed by atoms with Crippen LogP contribution in [0, 0.1) is 0 Å². The minimum atomic E-state index is -4.70. The molecule has 0 amide bonds. The largest absolute Gasteiger partial charge is 1.00 e. The van der Waals surface area contributed by atoms with Gasteiger partial charge in [0.2, 0.25) is 0 Å². The Labute approximate surface area is 118 Å². The van der Waals surface area contributed by atoms with Gasteiger partial charge in [0.05, 0.1) is 6.10 Å². The van der Waals surface area contributed by atoms with E-state index in [1.807, 2.05) is 0 Å². The molecule has 2 nitrogen and oxygen atoms in total. The Balaban J connectivity index is 0.00000144. The number of halogens is 3. The summed E-state index contributed by atoms with van der Waals surface area (Å²) in [6, 6.07) is 0. The van der Waals surface area contributed by atoms with Crippen molar-refractivity contribution in [1.29, 1.82) is 0 Å². The molecule has 0 radical (unpaired) electrons.